The van der Waals surface area contributed by atoms with Gasteiger partial charge in [0.2, 0.25) is 0 Å². The predicted molar refractivity (Wildman–Crippen MR) is 58.8 cm³/mol. The topological polar surface area (TPSA) is 52.2 Å². The second-order valence-corrected chi connectivity index (χ2v) is 4.38. The van der Waals surface area contributed by atoms with E-state index in [0.717, 1.165) is 12.1 Å². The van der Waals surface area contributed by atoms with Crippen LogP contribution < -0.4 is 10.4 Å². The summed E-state index contributed by atoms with van der Waals surface area (Å²) in [7, 11) is 0. The monoisotopic (exact) mass is 214 g/mol. The number of carbonyl (C=O) groups excluding carboxylic acids is 1. The van der Waals surface area contributed by atoms with Gasteiger partial charge in [0.15, 0.2) is 0 Å². The Morgan fingerprint density at radius 2 is 2.19 bits per heavy atom. The minimum Gasteiger partial charge on any atom is -0.548 e. The molecule has 0 radical (unpaired) electrons. The lowest BCUT2D eigenvalue weighted by Crippen LogP contribution is -2.48. The van der Waals surface area contributed by atoms with E-state index in [1.807, 2.05) is 18.2 Å². The quantitative estimate of drug-likeness (QED) is 0.706. The molecule has 1 aromatic rings. The highest BCUT2D eigenvalue weighted by atomic mass is 16.4. The third-order valence-electron chi connectivity index (χ3n) is 3.53. The first kappa shape index (κ1) is 9.46. The molecule has 1 N–H and O–H groups in total. The lowest BCUT2D eigenvalue weighted by Gasteiger charge is -2.37. The zero-order chi connectivity index (χ0) is 11.1. The van der Waals surface area contributed by atoms with Crippen LogP contribution in [0.25, 0.3) is 0 Å². The van der Waals surface area contributed by atoms with Crippen LogP contribution in [-0.4, -0.2) is 12.0 Å². The first-order chi connectivity index (χ1) is 7.77. The Labute approximate surface area is 93.8 Å². The molecule has 3 nitrogen and oxygen atoms in total. The van der Waals surface area contributed by atoms with Gasteiger partial charge < -0.3 is 15.2 Å². The summed E-state index contributed by atoms with van der Waals surface area (Å²) in [6.07, 6.45) is 4.99. The molecule has 0 bridgehead atoms. The van der Waals surface area contributed by atoms with Crippen molar-refractivity contribution in [3.63, 3.8) is 0 Å². The van der Waals surface area contributed by atoms with E-state index in [4.69, 9.17) is 0 Å². The van der Waals surface area contributed by atoms with Gasteiger partial charge in [0.1, 0.15) is 0 Å². The van der Waals surface area contributed by atoms with Gasteiger partial charge in [0.25, 0.3) is 0 Å². The van der Waals surface area contributed by atoms with Crippen molar-refractivity contribution in [2.45, 2.75) is 18.4 Å². The smallest absolute Gasteiger partial charge is 0.0698 e. The summed E-state index contributed by atoms with van der Waals surface area (Å²) < 4.78 is 0. The van der Waals surface area contributed by atoms with E-state index in [2.05, 4.69) is 23.5 Å². The minimum absolute atomic E-state index is 0.0971. The third kappa shape index (κ3) is 1.24. The molecule has 0 fully saturated rings. The molecule has 1 heterocycles. The van der Waals surface area contributed by atoms with Crippen molar-refractivity contribution in [3.05, 3.63) is 42.0 Å². The Bertz CT molecular complexity index is 467. The van der Waals surface area contributed by atoms with Crippen molar-refractivity contribution in [1.82, 2.24) is 0 Å². The average molecular weight is 214 g/mol. The standard InChI is InChI=1S/C13H13NO2/c15-13(16)12-10-6-3-5-8(10)9-4-1-2-7-11(9)14-12/h1-5,7-8,10,12,14H,6H2,(H,15,16)/p-1/t8-,10-,12+/m1/s1. The number of nitrogens with one attached hydrogen (secondary N) is 1. The minimum atomic E-state index is -1.01. The van der Waals surface area contributed by atoms with E-state index in [-0.39, 0.29) is 11.8 Å². The number of carboxylic acid groups (broad SMARTS) is 1. The summed E-state index contributed by atoms with van der Waals surface area (Å²) in [6.45, 7) is 0. The van der Waals surface area contributed by atoms with Gasteiger partial charge in [-0.15, -0.1) is 0 Å². The van der Waals surface area contributed by atoms with Crippen molar-refractivity contribution < 1.29 is 9.90 Å². The van der Waals surface area contributed by atoms with Gasteiger partial charge in [-0.1, -0.05) is 30.4 Å². The highest BCUT2D eigenvalue weighted by Gasteiger charge is 2.37. The maximum Gasteiger partial charge on any atom is 0.0698 e. The maximum absolute atomic E-state index is 11.1. The molecular weight excluding hydrogens is 202 g/mol. The molecule has 16 heavy (non-hydrogen) atoms. The normalized spacial score (nSPS) is 30.4. The summed E-state index contributed by atoms with van der Waals surface area (Å²) in [5, 5.41) is 14.2. The van der Waals surface area contributed by atoms with Crippen molar-refractivity contribution in [3.8, 4) is 0 Å². The molecule has 0 aromatic heterocycles. The first-order valence-corrected chi connectivity index (χ1v) is 5.50. The molecule has 3 rings (SSSR count). The van der Waals surface area contributed by atoms with Crippen LogP contribution in [0, 0.1) is 5.92 Å². The third-order valence-corrected chi connectivity index (χ3v) is 3.53. The SMILES string of the molecule is O=C([O-])[C@H]1Nc2ccccc2[C@H]2C=CC[C@@H]12. The highest BCUT2D eigenvalue weighted by Crippen LogP contribution is 2.44. The lowest BCUT2D eigenvalue weighted by atomic mass is 9.79. The van der Waals surface area contributed by atoms with E-state index in [1.165, 1.54) is 5.56 Å². The molecular formula is C13H12NO2-. The van der Waals surface area contributed by atoms with Crippen LogP contribution in [0.3, 0.4) is 0 Å². The molecule has 0 amide bonds. The van der Waals surface area contributed by atoms with Crippen molar-refractivity contribution in [2.24, 2.45) is 5.92 Å². The fourth-order valence-electron chi connectivity index (χ4n) is 2.78. The van der Waals surface area contributed by atoms with Gasteiger partial charge in [-0.3, -0.25) is 0 Å². The van der Waals surface area contributed by atoms with Gasteiger partial charge in [-0.2, -0.15) is 0 Å². The summed E-state index contributed by atoms with van der Waals surface area (Å²) in [4.78, 5) is 11.1. The number of allylic oxidation sites excluding steroid dienone is 2. The van der Waals surface area contributed by atoms with Gasteiger partial charge in [0, 0.05) is 11.6 Å². The maximum atomic E-state index is 11.1. The summed E-state index contributed by atoms with van der Waals surface area (Å²) in [5.41, 5.74) is 2.11. The zero-order valence-electron chi connectivity index (χ0n) is 8.72. The van der Waals surface area contributed by atoms with Crippen LogP contribution >= 0.6 is 0 Å². The van der Waals surface area contributed by atoms with Crippen LogP contribution in [0.15, 0.2) is 36.4 Å². The second kappa shape index (κ2) is 3.37. The fraction of sp³-hybridized carbons (Fsp3) is 0.308. The van der Waals surface area contributed by atoms with E-state index >= 15 is 0 Å². The number of fused-ring (bicyclic) bond motifs is 3. The number of benzene rings is 1. The van der Waals surface area contributed by atoms with Gasteiger partial charge >= 0.3 is 0 Å². The summed E-state index contributed by atoms with van der Waals surface area (Å²) in [6, 6.07) is 7.31. The van der Waals surface area contributed by atoms with E-state index in [0.29, 0.717) is 0 Å². The number of carbonyl (C=O) groups is 1. The van der Waals surface area contributed by atoms with Crippen molar-refractivity contribution in [2.75, 3.05) is 5.32 Å². The Morgan fingerprint density at radius 1 is 1.38 bits per heavy atom. The van der Waals surface area contributed by atoms with Crippen LogP contribution in [0.2, 0.25) is 0 Å². The lowest BCUT2D eigenvalue weighted by molar-refractivity contribution is -0.308. The number of carboxylic acids is 1. The Balaban J connectivity index is 2.08. The van der Waals surface area contributed by atoms with E-state index < -0.39 is 12.0 Å². The molecule has 1 aliphatic carbocycles. The molecule has 0 unspecified atom stereocenters. The highest BCUT2D eigenvalue weighted by molar-refractivity contribution is 5.79. The van der Waals surface area contributed by atoms with E-state index in [1.54, 1.807) is 0 Å². The van der Waals surface area contributed by atoms with Crippen molar-refractivity contribution >= 4 is 11.7 Å². The molecule has 3 atom stereocenters. The van der Waals surface area contributed by atoms with Crippen LogP contribution in [-0.2, 0) is 4.79 Å². The Hall–Kier alpha value is -1.77. The molecule has 0 spiro atoms. The first-order valence-electron chi connectivity index (χ1n) is 5.50. The summed E-state index contributed by atoms with van der Waals surface area (Å²) >= 11 is 0. The molecule has 3 heteroatoms. The zero-order valence-corrected chi connectivity index (χ0v) is 8.72. The molecule has 82 valence electrons. The Morgan fingerprint density at radius 3 is 3.00 bits per heavy atom. The molecule has 1 aliphatic heterocycles. The molecule has 0 saturated carbocycles. The largest absolute Gasteiger partial charge is 0.548 e. The number of hydrogen-bond acceptors (Lipinski definition) is 3. The van der Waals surface area contributed by atoms with Gasteiger partial charge in [-0.05, 0) is 24.0 Å². The molecule has 2 aliphatic rings. The second-order valence-electron chi connectivity index (χ2n) is 4.38. The van der Waals surface area contributed by atoms with Crippen LogP contribution in [0.1, 0.15) is 17.9 Å². The summed E-state index contributed by atoms with van der Waals surface area (Å²) in [5.74, 6) is -0.687. The molecule has 1 aromatic carbocycles. The predicted octanol–water partition coefficient (Wildman–Crippen LogP) is 0.890. The van der Waals surface area contributed by atoms with E-state index in [9.17, 15) is 9.90 Å². The number of para-hydroxylation sites is 1. The van der Waals surface area contributed by atoms with Gasteiger partial charge in [-0.25, -0.2) is 0 Å². The van der Waals surface area contributed by atoms with Crippen molar-refractivity contribution in [1.29, 1.82) is 0 Å². The molecule has 0 saturated heterocycles. The number of hydrogen-bond donors (Lipinski definition) is 1. The number of aliphatic carboxylic acids is 1. The number of rotatable bonds is 1. The van der Waals surface area contributed by atoms with Crippen LogP contribution in [0.4, 0.5) is 5.69 Å². The number of anilines is 1. The Kier molecular flexibility index (Phi) is 1.99. The fourth-order valence-corrected chi connectivity index (χ4v) is 2.78. The van der Waals surface area contributed by atoms with Gasteiger partial charge in [0.05, 0.1) is 12.0 Å². The average Bonchev–Trinajstić information content (AvgIpc) is 2.76. The van der Waals surface area contributed by atoms with Crippen LogP contribution in [0.5, 0.6) is 0 Å².